The SMILES string of the molecule is COc1cc(OC)cc(/C(Nc2ccc(CN(C)C)cc2)=C2/C(=O)Nc3ccc(C(C)=O)cc32)c1. The van der Waals surface area contributed by atoms with Gasteiger partial charge in [0.05, 0.1) is 25.5 Å². The number of nitrogens with zero attached hydrogens (tertiary/aromatic N) is 1. The van der Waals surface area contributed by atoms with E-state index in [-0.39, 0.29) is 11.7 Å². The number of amides is 1. The molecule has 0 radical (unpaired) electrons. The quantitative estimate of drug-likeness (QED) is 0.359. The first kappa shape index (κ1) is 24.0. The number of nitrogens with one attached hydrogen (secondary N) is 2. The molecular formula is C28H29N3O4. The smallest absolute Gasteiger partial charge is 0.258 e. The van der Waals surface area contributed by atoms with Crippen molar-refractivity contribution < 1.29 is 19.1 Å². The Balaban J connectivity index is 1.90. The van der Waals surface area contributed by atoms with Crippen LogP contribution >= 0.6 is 0 Å². The Morgan fingerprint density at radius 1 is 0.914 bits per heavy atom. The molecule has 0 unspecified atom stereocenters. The third kappa shape index (κ3) is 5.20. The lowest BCUT2D eigenvalue weighted by Crippen LogP contribution is -2.11. The maximum Gasteiger partial charge on any atom is 0.258 e. The van der Waals surface area contributed by atoms with Crippen molar-refractivity contribution in [2.45, 2.75) is 13.5 Å². The normalized spacial score (nSPS) is 13.8. The highest BCUT2D eigenvalue weighted by atomic mass is 16.5. The Labute approximate surface area is 205 Å². The van der Waals surface area contributed by atoms with E-state index in [9.17, 15) is 9.59 Å². The van der Waals surface area contributed by atoms with E-state index < -0.39 is 0 Å². The highest BCUT2D eigenvalue weighted by molar-refractivity contribution is 6.37. The van der Waals surface area contributed by atoms with Crippen molar-refractivity contribution in [3.05, 3.63) is 82.9 Å². The second-order valence-corrected chi connectivity index (χ2v) is 8.68. The molecule has 0 spiro atoms. The number of ether oxygens (including phenoxy) is 2. The van der Waals surface area contributed by atoms with Gasteiger partial charge in [-0.25, -0.2) is 0 Å². The number of ketones is 1. The molecule has 0 bridgehead atoms. The van der Waals surface area contributed by atoms with Gasteiger partial charge in [-0.05, 0) is 69.0 Å². The van der Waals surface area contributed by atoms with Gasteiger partial charge in [0.2, 0.25) is 0 Å². The van der Waals surface area contributed by atoms with Crippen LogP contribution in [0.2, 0.25) is 0 Å². The first-order chi connectivity index (χ1) is 16.8. The van der Waals surface area contributed by atoms with E-state index in [0.717, 1.165) is 12.2 Å². The van der Waals surface area contributed by atoms with Gasteiger partial charge in [-0.3, -0.25) is 9.59 Å². The average molecular weight is 472 g/mol. The van der Waals surface area contributed by atoms with E-state index >= 15 is 0 Å². The van der Waals surface area contributed by atoms with Crippen LogP contribution in [0.25, 0.3) is 11.3 Å². The minimum Gasteiger partial charge on any atom is -0.497 e. The minimum absolute atomic E-state index is 0.0689. The topological polar surface area (TPSA) is 79.9 Å². The summed E-state index contributed by atoms with van der Waals surface area (Å²) in [6.45, 7) is 2.33. The Morgan fingerprint density at radius 2 is 1.57 bits per heavy atom. The zero-order valence-corrected chi connectivity index (χ0v) is 20.6. The molecule has 0 saturated carbocycles. The molecule has 1 heterocycles. The van der Waals surface area contributed by atoms with Gasteiger partial charge >= 0.3 is 0 Å². The molecule has 35 heavy (non-hydrogen) atoms. The Morgan fingerprint density at radius 3 is 2.14 bits per heavy atom. The van der Waals surface area contributed by atoms with Crippen LogP contribution in [0.15, 0.2) is 60.7 Å². The third-order valence-corrected chi connectivity index (χ3v) is 5.78. The molecular weight excluding hydrogens is 442 g/mol. The van der Waals surface area contributed by atoms with E-state index in [4.69, 9.17) is 9.47 Å². The van der Waals surface area contributed by atoms with Crippen molar-refractivity contribution in [3.63, 3.8) is 0 Å². The standard InChI is InChI=1S/C28H29N3O4/c1-17(32)19-8-11-25-24(14-19)26(28(33)30-25)27(20-12-22(34-4)15-23(13-20)35-5)29-21-9-6-18(7-10-21)16-31(2)3/h6-15,29H,16H2,1-5H3,(H,30,33)/b27-26-. The number of hydrogen-bond acceptors (Lipinski definition) is 6. The summed E-state index contributed by atoms with van der Waals surface area (Å²) in [5.74, 6) is 0.864. The van der Waals surface area contributed by atoms with E-state index in [1.807, 2.05) is 50.5 Å². The molecule has 7 heteroatoms. The number of rotatable bonds is 8. The van der Waals surface area contributed by atoms with E-state index in [1.165, 1.54) is 12.5 Å². The monoisotopic (exact) mass is 471 g/mol. The molecule has 2 N–H and O–H groups in total. The number of fused-ring (bicyclic) bond motifs is 1. The number of anilines is 2. The molecule has 0 saturated heterocycles. The fraction of sp³-hybridized carbons (Fsp3) is 0.214. The summed E-state index contributed by atoms with van der Waals surface area (Å²) in [4.78, 5) is 27.4. The van der Waals surface area contributed by atoms with Crippen LogP contribution in [-0.4, -0.2) is 44.9 Å². The number of carbonyl (C=O) groups is 2. The van der Waals surface area contributed by atoms with Crippen LogP contribution in [0, 0.1) is 0 Å². The van der Waals surface area contributed by atoms with Crippen LogP contribution in [0.4, 0.5) is 11.4 Å². The summed E-state index contributed by atoms with van der Waals surface area (Å²) >= 11 is 0. The molecule has 7 nitrogen and oxygen atoms in total. The van der Waals surface area contributed by atoms with Gasteiger partial charge in [0, 0.05) is 40.7 Å². The van der Waals surface area contributed by atoms with Gasteiger partial charge in [0.25, 0.3) is 5.91 Å². The van der Waals surface area contributed by atoms with Crippen LogP contribution in [0.3, 0.4) is 0 Å². The predicted octanol–water partition coefficient (Wildman–Crippen LogP) is 4.90. The summed E-state index contributed by atoms with van der Waals surface area (Å²) in [5, 5.41) is 6.37. The molecule has 1 amide bonds. The zero-order valence-electron chi connectivity index (χ0n) is 20.6. The molecule has 0 aliphatic carbocycles. The van der Waals surface area contributed by atoms with Crippen molar-refractivity contribution in [3.8, 4) is 11.5 Å². The van der Waals surface area contributed by atoms with E-state index in [2.05, 4.69) is 15.5 Å². The number of hydrogen-bond donors (Lipinski definition) is 2. The molecule has 3 aromatic carbocycles. The summed E-state index contributed by atoms with van der Waals surface area (Å²) in [7, 11) is 7.21. The Kier molecular flexibility index (Phi) is 6.89. The maximum absolute atomic E-state index is 13.2. The van der Waals surface area contributed by atoms with Gasteiger partial charge in [0.15, 0.2) is 5.78 Å². The zero-order chi connectivity index (χ0) is 25.1. The van der Waals surface area contributed by atoms with Crippen LogP contribution in [-0.2, 0) is 11.3 Å². The van der Waals surface area contributed by atoms with Gasteiger partial charge < -0.3 is 25.0 Å². The maximum atomic E-state index is 13.2. The van der Waals surface area contributed by atoms with Crippen LogP contribution in [0.1, 0.15) is 34.0 Å². The lowest BCUT2D eigenvalue weighted by atomic mass is 9.97. The Hall–Kier alpha value is -4.10. The Bertz CT molecular complexity index is 1290. The summed E-state index contributed by atoms with van der Waals surface area (Å²) in [6.07, 6.45) is 0. The van der Waals surface area contributed by atoms with E-state index in [0.29, 0.717) is 45.1 Å². The number of benzene rings is 3. The molecule has 0 aromatic heterocycles. The average Bonchev–Trinajstić information content (AvgIpc) is 3.17. The first-order valence-electron chi connectivity index (χ1n) is 11.2. The molecule has 1 aliphatic heterocycles. The van der Waals surface area contributed by atoms with Crippen LogP contribution in [0.5, 0.6) is 11.5 Å². The van der Waals surface area contributed by atoms with Crippen molar-refractivity contribution in [1.29, 1.82) is 0 Å². The molecule has 4 rings (SSSR count). The van der Waals surface area contributed by atoms with Crippen molar-refractivity contribution in [2.24, 2.45) is 0 Å². The van der Waals surface area contributed by atoms with Crippen molar-refractivity contribution in [1.82, 2.24) is 4.90 Å². The molecule has 1 aliphatic rings. The highest BCUT2D eigenvalue weighted by Gasteiger charge is 2.29. The molecule has 0 atom stereocenters. The summed E-state index contributed by atoms with van der Waals surface area (Å²) in [6, 6.07) is 18.8. The summed E-state index contributed by atoms with van der Waals surface area (Å²) < 4.78 is 11.0. The lowest BCUT2D eigenvalue weighted by Gasteiger charge is -2.17. The van der Waals surface area contributed by atoms with Crippen molar-refractivity contribution >= 4 is 34.3 Å². The van der Waals surface area contributed by atoms with E-state index in [1.54, 1.807) is 38.5 Å². The highest BCUT2D eigenvalue weighted by Crippen LogP contribution is 2.39. The molecule has 180 valence electrons. The number of carbonyl (C=O) groups excluding carboxylic acids is 2. The second kappa shape index (κ2) is 10.0. The molecule has 0 fully saturated rings. The predicted molar refractivity (Wildman–Crippen MR) is 139 cm³/mol. The van der Waals surface area contributed by atoms with Gasteiger partial charge in [-0.2, -0.15) is 0 Å². The molecule has 3 aromatic rings. The fourth-order valence-electron chi connectivity index (χ4n) is 4.07. The second-order valence-electron chi connectivity index (χ2n) is 8.68. The van der Waals surface area contributed by atoms with Crippen molar-refractivity contribution in [2.75, 3.05) is 38.9 Å². The van der Waals surface area contributed by atoms with Gasteiger partial charge in [-0.1, -0.05) is 12.1 Å². The number of Topliss-reactive ketones (excluding diaryl/α,β-unsaturated/α-hetero) is 1. The van der Waals surface area contributed by atoms with Gasteiger partial charge in [-0.15, -0.1) is 0 Å². The largest absolute Gasteiger partial charge is 0.497 e. The lowest BCUT2D eigenvalue weighted by molar-refractivity contribution is -0.110. The van der Waals surface area contributed by atoms with Gasteiger partial charge in [0.1, 0.15) is 11.5 Å². The third-order valence-electron chi connectivity index (χ3n) is 5.78. The van der Waals surface area contributed by atoms with Crippen LogP contribution < -0.4 is 20.1 Å². The first-order valence-corrected chi connectivity index (χ1v) is 11.2. The summed E-state index contributed by atoms with van der Waals surface area (Å²) in [5.41, 5.74) is 5.59. The fourth-order valence-corrected chi connectivity index (χ4v) is 4.07. The number of methoxy groups -OCH3 is 2. The minimum atomic E-state index is -0.255.